The van der Waals surface area contributed by atoms with E-state index in [1.165, 1.54) is 6.07 Å². The molecular weight excluding hydrogens is 460 g/mol. The quantitative estimate of drug-likeness (QED) is 0.646. The molecule has 0 saturated heterocycles. The van der Waals surface area contributed by atoms with E-state index >= 15 is 0 Å². The topological polar surface area (TPSA) is 79.5 Å². The van der Waals surface area contributed by atoms with E-state index in [1.54, 1.807) is 0 Å². The van der Waals surface area contributed by atoms with Crippen LogP contribution in [0.5, 0.6) is 0 Å². The molecule has 1 aromatic carbocycles. The van der Waals surface area contributed by atoms with Gasteiger partial charge in [0.05, 0.1) is 24.1 Å². The fourth-order valence-electron chi connectivity index (χ4n) is 4.71. The van der Waals surface area contributed by atoms with Crippen LogP contribution in [0.4, 0.5) is 28.9 Å². The van der Waals surface area contributed by atoms with Gasteiger partial charge in [-0.1, -0.05) is 12.1 Å². The molecule has 0 amide bonds. The smallest absolute Gasteiger partial charge is 0.396 e. The summed E-state index contributed by atoms with van der Waals surface area (Å²) in [5.74, 6) is -0.370. The van der Waals surface area contributed by atoms with E-state index in [9.17, 15) is 26.0 Å². The molecule has 2 heterocycles. The second-order valence-corrected chi connectivity index (χ2v) is 11.0. The van der Waals surface area contributed by atoms with E-state index in [4.69, 9.17) is 5.73 Å². The number of fused-ring (bicyclic) bond motifs is 1. The first kappa shape index (κ1) is 22.4. The molecule has 0 radical (unpaired) electrons. The number of hydrogen-bond donors (Lipinski definition) is 1. The summed E-state index contributed by atoms with van der Waals surface area (Å²) in [5.41, 5.74) is 2.94. The summed E-state index contributed by atoms with van der Waals surface area (Å²) in [6, 6.07) is 6.51. The lowest BCUT2D eigenvalue weighted by molar-refractivity contribution is -0.0492. The fraction of sp³-hybridized carbons (Fsp3) is 0.500. The number of nitrogen functional groups attached to an aromatic ring is 1. The van der Waals surface area contributed by atoms with Crippen LogP contribution < -0.4 is 10.6 Å². The monoisotopic (exact) mass is 484 g/mol. The standard InChI is InChI=1S/C22H24F4N4O2S/c23-18-9-28-15(8-19(18)27)10-30-20-3-1-2-16(13-4-5-13)17(20)11-29(12-21(30)14-6-7-14)33(31,32)22(24,25)26/h1-3,8-9,13-14,21H,4-7,10-12H2,(H2,27,28)/t21-/m0/s1. The van der Waals surface area contributed by atoms with Crippen molar-refractivity contribution in [1.29, 1.82) is 0 Å². The Balaban J connectivity index is 1.63. The molecule has 0 bridgehead atoms. The molecule has 6 nitrogen and oxygen atoms in total. The van der Waals surface area contributed by atoms with Crippen LogP contribution in [-0.2, 0) is 23.1 Å². The van der Waals surface area contributed by atoms with Gasteiger partial charge in [0.1, 0.15) is 0 Å². The second kappa shape index (κ2) is 7.83. The summed E-state index contributed by atoms with van der Waals surface area (Å²) in [4.78, 5) is 6.07. The molecule has 0 spiro atoms. The number of hydrogen-bond acceptors (Lipinski definition) is 5. The molecule has 1 aromatic heterocycles. The Labute approximate surface area is 189 Å². The van der Waals surface area contributed by atoms with Gasteiger partial charge in [-0.3, -0.25) is 4.98 Å². The average molecular weight is 485 g/mol. The third kappa shape index (κ3) is 4.16. The number of halogens is 4. The summed E-state index contributed by atoms with van der Waals surface area (Å²) in [6.07, 6.45) is 4.47. The van der Waals surface area contributed by atoms with Gasteiger partial charge in [0, 0.05) is 24.8 Å². The Kier molecular flexibility index (Phi) is 5.32. The zero-order chi connectivity index (χ0) is 23.5. The van der Waals surface area contributed by atoms with Crippen molar-refractivity contribution in [2.75, 3.05) is 17.2 Å². The van der Waals surface area contributed by atoms with E-state index in [-0.39, 0.29) is 37.2 Å². The molecule has 11 heteroatoms. The lowest BCUT2D eigenvalue weighted by Gasteiger charge is -2.34. The van der Waals surface area contributed by atoms with Gasteiger partial charge in [-0.25, -0.2) is 12.8 Å². The molecule has 2 aromatic rings. The van der Waals surface area contributed by atoms with Crippen molar-refractivity contribution in [2.24, 2.45) is 5.92 Å². The van der Waals surface area contributed by atoms with Crippen molar-refractivity contribution in [2.45, 2.75) is 56.2 Å². The molecule has 2 saturated carbocycles. The highest BCUT2D eigenvalue weighted by atomic mass is 32.2. The summed E-state index contributed by atoms with van der Waals surface area (Å²) in [6.45, 7) is -0.419. The van der Waals surface area contributed by atoms with Gasteiger partial charge in [0.15, 0.2) is 5.82 Å². The minimum absolute atomic E-state index is 0.0595. The molecule has 2 N–H and O–H groups in total. The Bertz CT molecular complexity index is 1180. The molecule has 33 heavy (non-hydrogen) atoms. The van der Waals surface area contributed by atoms with Gasteiger partial charge >= 0.3 is 15.5 Å². The fourth-order valence-corrected chi connectivity index (χ4v) is 5.66. The summed E-state index contributed by atoms with van der Waals surface area (Å²) in [7, 11) is -5.51. The first-order chi connectivity index (χ1) is 15.6. The van der Waals surface area contributed by atoms with E-state index < -0.39 is 27.4 Å². The number of benzene rings is 1. The van der Waals surface area contributed by atoms with Gasteiger partial charge in [-0.2, -0.15) is 17.5 Å². The number of alkyl halides is 3. The first-order valence-electron chi connectivity index (χ1n) is 10.9. The van der Waals surface area contributed by atoms with Crippen molar-refractivity contribution < 1.29 is 26.0 Å². The van der Waals surface area contributed by atoms with Crippen LogP contribution in [-0.4, -0.2) is 35.8 Å². The minimum atomic E-state index is -5.51. The van der Waals surface area contributed by atoms with Crippen LogP contribution in [0, 0.1) is 11.7 Å². The van der Waals surface area contributed by atoms with E-state index in [1.807, 2.05) is 23.1 Å². The molecule has 5 rings (SSSR count). The van der Waals surface area contributed by atoms with Crippen molar-refractivity contribution in [3.63, 3.8) is 0 Å². The van der Waals surface area contributed by atoms with Crippen molar-refractivity contribution in [1.82, 2.24) is 9.29 Å². The van der Waals surface area contributed by atoms with Crippen molar-refractivity contribution in [3.8, 4) is 0 Å². The Hall–Kier alpha value is -2.40. The minimum Gasteiger partial charge on any atom is -0.396 e. The lowest BCUT2D eigenvalue weighted by atomic mass is 9.99. The number of rotatable bonds is 5. The molecule has 1 atom stereocenters. The van der Waals surface area contributed by atoms with E-state index in [0.29, 0.717) is 21.2 Å². The number of aromatic nitrogens is 1. The molecule has 2 aliphatic carbocycles. The molecule has 0 unspecified atom stereocenters. The number of nitrogens with two attached hydrogens (primary N) is 1. The highest BCUT2D eigenvalue weighted by molar-refractivity contribution is 7.89. The highest BCUT2D eigenvalue weighted by Crippen LogP contribution is 2.48. The maximum absolute atomic E-state index is 13.7. The molecule has 178 valence electrons. The number of pyridine rings is 1. The number of nitrogens with zero attached hydrogens (tertiary/aromatic N) is 3. The van der Waals surface area contributed by atoms with Gasteiger partial charge in [0.25, 0.3) is 0 Å². The maximum atomic E-state index is 13.7. The van der Waals surface area contributed by atoms with Crippen LogP contribution >= 0.6 is 0 Å². The SMILES string of the molecule is Nc1cc(CN2c3cccc(C4CC4)c3CN(S(=O)(=O)C(F)(F)F)C[C@H]2C2CC2)ncc1F. The summed E-state index contributed by atoms with van der Waals surface area (Å²) in [5, 5.41) is 0. The third-order valence-corrected chi connectivity index (χ3v) is 8.26. The van der Waals surface area contributed by atoms with E-state index in [2.05, 4.69) is 4.98 Å². The van der Waals surface area contributed by atoms with Crippen molar-refractivity contribution in [3.05, 3.63) is 53.1 Å². The zero-order valence-electron chi connectivity index (χ0n) is 17.7. The number of sulfonamides is 1. The summed E-state index contributed by atoms with van der Waals surface area (Å²) < 4.78 is 80.0. The van der Waals surface area contributed by atoms with Gasteiger partial charge in [-0.15, -0.1) is 0 Å². The average Bonchev–Trinajstić information content (AvgIpc) is 3.62. The Morgan fingerprint density at radius 3 is 2.48 bits per heavy atom. The number of anilines is 2. The van der Waals surface area contributed by atoms with Crippen LogP contribution in [0.2, 0.25) is 0 Å². The van der Waals surface area contributed by atoms with E-state index in [0.717, 1.165) is 37.4 Å². The lowest BCUT2D eigenvalue weighted by Crippen LogP contribution is -2.47. The molecule has 2 fully saturated rings. The van der Waals surface area contributed by atoms with Gasteiger partial charge in [0.2, 0.25) is 0 Å². The normalized spacial score (nSPS) is 22.2. The van der Waals surface area contributed by atoms with Crippen LogP contribution in [0.1, 0.15) is 48.4 Å². The summed E-state index contributed by atoms with van der Waals surface area (Å²) >= 11 is 0. The van der Waals surface area contributed by atoms with Crippen LogP contribution in [0.3, 0.4) is 0 Å². The van der Waals surface area contributed by atoms with Crippen LogP contribution in [0.15, 0.2) is 30.5 Å². The predicted molar refractivity (Wildman–Crippen MR) is 115 cm³/mol. The highest BCUT2D eigenvalue weighted by Gasteiger charge is 2.53. The third-order valence-electron chi connectivity index (χ3n) is 6.71. The van der Waals surface area contributed by atoms with Crippen LogP contribution in [0.25, 0.3) is 0 Å². The molecular formula is C22H24F4N4O2S. The zero-order valence-corrected chi connectivity index (χ0v) is 18.5. The van der Waals surface area contributed by atoms with Gasteiger partial charge in [-0.05, 0) is 60.8 Å². The molecule has 1 aliphatic heterocycles. The maximum Gasteiger partial charge on any atom is 0.511 e. The molecule has 3 aliphatic rings. The first-order valence-corrected chi connectivity index (χ1v) is 12.3. The largest absolute Gasteiger partial charge is 0.511 e. The van der Waals surface area contributed by atoms with Gasteiger partial charge < -0.3 is 10.6 Å². The Morgan fingerprint density at radius 2 is 1.88 bits per heavy atom. The predicted octanol–water partition coefficient (Wildman–Crippen LogP) is 4.13. The Morgan fingerprint density at radius 1 is 1.15 bits per heavy atom. The van der Waals surface area contributed by atoms with Crippen molar-refractivity contribution >= 4 is 21.4 Å². The second-order valence-electron chi connectivity index (χ2n) is 9.09.